The molecule has 1 heterocycles. The first-order valence-electron chi connectivity index (χ1n) is 9.26. The maximum atomic E-state index is 13.0. The average Bonchev–Trinajstić information content (AvgIpc) is 3.05. The van der Waals surface area contributed by atoms with Crippen LogP contribution in [0.5, 0.6) is 5.75 Å². The highest BCUT2D eigenvalue weighted by Crippen LogP contribution is 2.23. The second-order valence-corrected chi connectivity index (χ2v) is 6.63. The van der Waals surface area contributed by atoms with E-state index < -0.39 is 23.8 Å². The van der Waals surface area contributed by atoms with Crippen molar-refractivity contribution in [3.05, 3.63) is 76.9 Å². The van der Waals surface area contributed by atoms with Gasteiger partial charge in [0.2, 0.25) is 0 Å². The minimum atomic E-state index is -1.07. The van der Waals surface area contributed by atoms with Crippen LogP contribution in [0, 0.1) is 19.7 Å². The largest absolute Gasteiger partial charge is 0.488 e. The third-order valence-corrected chi connectivity index (χ3v) is 4.43. The molecule has 156 valence electrons. The van der Waals surface area contributed by atoms with Crippen molar-refractivity contribution in [2.75, 3.05) is 5.32 Å². The van der Waals surface area contributed by atoms with Gasteiger partial charge in [-0.2, -0.15) is 0 Å². The Hall–Kier alpha value is -3.68. The van der Waals surface area contributed by atoms with Gasteiger partial charge in [-0.15, -0.1) is 0 Å². The smallest absolute Gasteiger partial charge is 0.342 e. The molecule has 1 unspecified atom stereocenters. The summed E-state index contributed by atoms with van der Waals surface area (Å²) in [5, 5.41) is 6.44. The number of rotatable bonds is 7. The van der Waals surface area contributed by atoms with E-state index in [1.165, 1.54) is 31.2 Å². The Kier molecular flexibility index (Phi) is 6.46. The number of halogens is 1. The molecule has 0 saturated carbocycles. The van der Waals surface area contributed by atoms with Crippen molar-refractivity contribution in [1.29, 1.82) is 0 Å². The van der Waals surface area contributed by atoms with Crippen molar-refractivity contribution < 1.29 is 28.0 Å². The summed E-state index contributed by atoms with van der Waals surface area (Å²) < 4.78 is 29.1. The van der Waals surface area contributed by atoms with E-state index in [4.69, 9.17) is 14.0 Å². The number of carbonyl (C=O) groups is 2. The predicted molar refractivity (Wildman–Crippen MR) is 107 cm³/mol. The minimum absolute atomic E-state index is 0.173. The van der Waals surface area contributed by atoms with Crippen LogP contribution < -0.4 is 10.1 Å². The molecule has 1 amide bonds. The zero-order valence-electron chi connectivity index (χ0n) is 16.8. The number of amides is 1. The summed E-state index contributed by atoms with van der Waals surface area (Å²) in [6.45, 7) is 5.20. The first kappa shape index (κ1) is 21.0. The quantitative estimate of drug-likeness (QED) is 0.585. The number of esters is 1. The van der Waals surface area contributed by atoms with Crippen LogP contribution in [0.4, 0.5) is 10.1 Å². The lowest BCUT2D eigenvalue weighted by Crippen LogP contribution is -2.30. The summed E-state index contributed by atoms with van der Waals surface area (Å²) in [6.07, 6.45) is -1.07. The number of hydrogen-bond acceptors (Lipinski definition) is 6. The summed E-state index contributed by atoms with van der Waals surface area (Å²) in [6, 6.07) is 11.9. The number of benzene rings is 2. The lowest BCUT2D eigenvalue weighted by molar-refractivity contribution is -0.123. The molecular weight excluding hydrogens is 391 g/mol. The van der Waals surface area contributed by atoms with E-state index in [9.17, 15) is 14.0 Å². The number of hydrogen-bond donors (Lipinski definition) is 1. The molecule has 0 aliphatic heterocycles. The van der Waals surface area contributed by atoms with E-state index in [2.05, 4.69) is 10.5 Å². The van der Waals surface area contributed by atoms with E-state index in [0.29, 0.717) is 22.9 Å². The molecule has 0 fully saturated rings. The third-order valence-electron chi connectivity index (χ3n) is 4.43. The highest BCUT2D eigenvalue weighted by atomic mass is 19.1. The van der Waals surface area contributed by atoms with E-state index in [0.717, 1.165) is 5.56 Å². The number of aryl methyl sites for hydroxylation is 2. The predicted octanol–water partition coefficient (Wildman–Crippen LogP) is 4.19. The van der Waals surface area contributed by atoms with Gasteiger partial charge in [0.25, 0.3) is 5.91 Å². The third kappa shape index (κ3) is 5.02. The molecule has 30 heavy (non-hydrogen) atoms. The van der Waals surface area contributed by atoms with Crippen LogP contribution in [0.2, 0.25) is 0 Å². The van der Waals surface area contributed by atoms with Crippen LogP contribution >= 0.6 is 0 Å². The summed E-state index contributed by atoms with van der Waals surface area (Å²) in [5.74, 6) is -0.705. The van der Waals surface area contributed by atoms with Gasteiger partial charge in [0.15, 0.2) is 6.10 Å². The molecule has 1 N–H and O–H groups in total. The van der Waals surface area contributed by atoms with Gasteiger partial charge in [-0.1, -0.05) is 17.3 Å². The second kappa shape index (κ2) is 9.21. The molecule has 0 radical (unpaired) electrons. The van der Waals surface area contributed by atoms with Crippen molar-refractivity contribution in [2.45, 2.75) is 33.5 Å². The summed E-state index contributed by atoms with van der Waals surface area (Å²) >= 11 is 0. The van der Waals surface area contributed by atoms with Gasteiger partial charge in [0, 0.05) is 5.69 Å². The molecule has 0 aliphatic carbocycles. The first-order valence-corrected chi connectivity index (χ1v) is 9.26. The Morgan fingerprint density at radius 2 is 1.83 bits per heavy atom. The van der Waals surface area contributed by atoms with Crippen molar-refractivity contribution in [3.63, 3.8) is 0 Å². The van der Waals surface area contributed by atoms with Gasteiger partial charge in [0.05, 0.1) is 11.3 Å². The van der Waals surface area contributed by atoms with Crippen LogP contribution in [0.3, 0.4) is 0 Å². The number of nitrogens with one attached hydrogen (secondary N) is 1. The van der Waals surface area contributed by atoms with Crippen LogP contribution in [0.1, 0.15) is 34.3 Å². The maximum Gasteiger partial charge on any atom is 0.342 e. The van der Waals surface area contributed by atoms with Gasteiger partial charge >= 0.3 is 5.97 Å². The Morgan fingerprint density at radius 1 is 1.13 bits per heavy atom. The molecule has 0 saturated heterocycles. The van der Waals surface area contributed by atoms with E-state index in [1.807, 2.05) is 0 Å². The van der Waals surface area contributed by atoms with Gasteiger partial charge in [-0.05, 0) is 57.2 Å². The number of anilines is 1. The molecular formula is C22H21FN2O5. The van der Waals surface area contributed by atoms with Crippen molar-refractivity contribution in [2.24, 2.45) is 0 Å². The Bertz CT molecular complexity index is 1030. The highest BCUT2D eigenvalue weighted by Gasteiger charge is 2.22. The highest BCUT2D eigenvalue weighted by molar-refractivity contribution is 5.98. The fraction of sp³-hybridized carbons (Fsp3) is 0.227. The molecule has 0 spiro atoms. The molecule has 0 bridgehead atoms. The summed E-state index contributed by atoms with van der Waals surface area (Å²) in [4.78, 5) is 24.9. The van der Waals surface area contributed by atoms with E-state index >= 15 is 0 Å². The molecule has 1 atom stereocenters. The Morgan fingerprint density at radius 3 is 2.50 bits per heavy atom. The molecule has 8 heteroatoms. The van der Waals surface area contributed by atoms with Gasteiger partial charge in [-0.25, -0.2) is 9.18 Å². The topological polar surface area (TPSA) is 90.7 Å². The molecule has 3 aromatic rings. The SMILES string of the molecule is Cc1noc(C)c1COc1ccccc1C(=O)OC(C)C(=O)Nc1ccc(F)cc1. The standard InChI is InChI=1S/C22H21FN2O5/c1-13-19(14(2)30-25-13)12-28-20-7-5-4-6-18(20)22(27)29-15(3)21(26)24-17-10-8-16(23)9-11-17/h4-11,15H,12H2,1-3H3,(H,24,26). The summed E-state index contributed by atoms with van der Waals surface area (Å²) in [7, 11) is 0. The molecule has 1 aromatic heterocycles. The lowest BCUT2D eigenvalue weighted by atomic mass is 10.2. The fourth-order valence-electron chi connectivity index (χ4n) is 2.67. The monoisotopic (exact) mass is 412 g/mol. The number of aromatic nitrogens is 1. The van der Waals surface area contributed by atoms with Crippen LogP contribution in [-0.2, 0) is 16.1 Å². The van der Waals surface area contributed by atoms with Crippen molar-refractivity contribution >= 4 is 17.6 Å². The summed E-state index contributed by atoms with van der Waals surface area (Å²) in [5.41, 5.74) is 2.09. The number of para-hydroxylation sites is 1. The second-order valence-electron chi connectivity index (χ2n) is 6.63. The molecule has 0 aliphatic rings. The molecule has 3 rings (SSSR count). The van der Waals surface area contributed by atoms with Crippen molar-refractivity contribution in [1.82, 2.24) is 5.16 Å². The average molecular weight is 412 g/mol. The molecule has 2 aromatic carbocycles. The number of nitrogens with zero attached hydrogens (tertiary/aromatic N) is 1. The van der Waals surface area contributed by atoms with Gasteiger partial charge in [0.1, 0.15) is 29.5 Å². The minimum Gasteiger partial charge on any atom is -0.488 e. The van der Waals surface area contributed by atoms with Crippen LogP contribution in [0.15, 0.2) is 53.1 Å². The van der Waals surface area contributed by atoms with E-state index in [1.54, 1.807) is 38.1 Å². The van der Waals surface area contributed by atoms with Crippen LogP contribution in [-0.4, -0.2) is 23.1 Å². The first-order chi connectivity index (χ1) is 14.3. The van der Waals surface area contributed by atoms with Crippen LogP contribution in [0.25, 0.3) is 0 Å². The molecule has 7 nitrogen and oxygen atoms in total. The zero-order chi connectivity index (χ0) is 21.7. The van der Waals surface area contributed by atoms with Crippen molar-refractivity contribution in [3.8, 4) is 5.75 Å². The Labute approximate surface area is 172 Å². The zero-order valence-corrected chi connectivity index (χ0v) is 16.8. The Balaban J connectivity index is 1.64. The van der Waals surface area contributed by atoms with Gasteiger partial charge in [-0.3, -0.25) is 4.79 Å². The normalized spacial score (nSPS) is 11.6. The van der Waals surface area contributed by atoms with E-state index in [-0.39, 0.29) is 12.2 Å². The maximum absolute atomic E-state index is 13.0. The number of carbonyl (C=O) groups excluding carboxylic acids is 2. The van der Waals surface area contributed by atoms with Gasteiger partial charge < -0.3 is 19.3 Å². The fourth-order valence-corrected chi connectivity index (χ4v) is 2.67. The lowest BCUT2D eigenvalue weighted by Gasteiger charge is -2.15. The number of ether oxygens (including phenoxy) is 2.